The third kappa shape index (κ3) is 2.93. The van der Waals surface area contributed by atoms with Crippen LogP contribution in [-0.4, -0.2) is 30.1 Å². The maximum Gasteiger partial charge on any atom is 0.337 e. The molecule has 154 valence electrons. The molecule has 3 N–H and O–H groups in total. The molecule has 0 radical (unpaired) electrons. The van der Waals surface area contributed by atoms with Crippen LogP contribution < -0.4 is 19.9 Å². The van der Waals surface area contributed by atoms with E-state index in [0.717, 1.165) is 11.1 Å². The van der Waals surface area contributed by atoms with Gasteiger partial charge in [0.1, 0.15) is 11.6 Å². The summed E-state index contributed by atoms with van der Waals surface area (Å²) in [7, 11) is 1.32. The minimum Gasteiger partial charge on any atom is -0.465 e. The molecule has 3 aromatic rings. The van der Waals surface area contributed by atoms with E-state index in [9.17, 15) is 10.1 Å². The van der Waals surface area contributed by atoms with Crippen LogP contribution in [0.1, 0.15) is 27.4 Å². The van der Waals surface area contributed by atoms with Crippen molar-refractivity contribution < 1.29 is 23.7 Å². The van der Waals surface area contributed by atoms with Gasteiger partial charge in [0.25, 0.3) is 0 Å². The largest absolute Gasteiger partial charge is 0.465 e. The SMILES string of the molecule is COC(=O)c1ccc(C2C(C#N)=C(N)Oc3n[nH]c(-c4ccc5c(c4)OCO5)c32)cc1. The zero-order valence-corrected chi connectivity index (χ0v) is 16.3. The highest BCUT2D eigenvalue weighted by atomic mass is 16.7. The number of fused-ring (bicyclic) bond motifs is 2. The number of carbonyl (C=O) groups is 1. The fraction of sp³-hybridized carbons (Fsp3) is 0.136. The van der Waals surface area contributed by atoms with E-state index < -0.39 is 11.9 Å². The lowest BCUT2D eigenvalue weighted by molar-refractivity contribution is 0.0600. The average molecular weight is 416 g/mol. The van der Waals surface area contributed by atoms with E-state index >= 15 is 0 Å². The topological polar surface area (TPSA) is 132 Å². The number of hydrogen-bond donors (Lipinski definition) is 2. The Morgan fingerprint density at radius 2 is 2.00 bits per heavy atom. The Morgan fingerprint density at radius 1 is 1.23 bits per heavy atom. The molecular weight excluding hydrogens is 400 g/mol. The first-order chi connectivity index (χ1) is 15.1. The summed E-state index contributed by atoms with van der Waals surface area (Å²) in [6.07, 6.45) is 0. The lowest BCUT2D eigenvalue weighted by Crippen LogP contribution is -2.21. The first kappa shape index (κ1) is 18.6. The van der Waals surface area contributed by atoms with Gasteiger partial charge < -0.3 is 24.7 Å². The maximum atomic E-state index is 11.8. The average Bonchev–Trinajstić information content (AvgIpc) is 3.43. The first-order valence-corrected chi connectivity index (χ1v) is 9.35. The van der Waals surface area contributed by atoms with Gasteiger partial charge in [-0.25, -0.2) is 4.79 Å². The summed E-state index contributed by atoms with van der Waals surface area (Å²) in [5, 5.41) is 17.1. The lowest BCUT2D eigenvalue weighted by Gasteiger charge is -2.24. The fourth-order valence-electron chi connectivity index (χ4n) is 3.78. The van der Waals surface area contributed by atoms with Crippen LogP contribution in [0.5, 0.6) is 17.4 Å². The Kier molecular flexibility index (Phi) is 4.26. The molecule has 0 aliphatic carbocycles. The summed E-state index contributed by atoms with van der Waals surface area (Å²) in [6, 6.07) is 14.5. The van der Waals surface area contributed by atoms with Gasteiger partial charge in [-0.3, -0.25) is 5.10 Å². The van der Waals surface area contributed by atoms with Crippen LogP contribution in [0, 0.1) is 11.3 Å². The smallest absolute Gasteiger partial charge is 0.337 e. The van der Waals surface area contributed by atoms with Crippen molar-refractivity contribution in [1.82, 2.24) is 10.2 Å². The molecule has 1 unspecified atom stereocenters. The standard InChI is InChI=1S/C22H16N4O5/c1-28-22(27)12-4-2-11(3-5-12)17-14(9-23)20(24)31-21-18(17)19(25-26-21)13-6-7-15-16(8-13)30-10-29-15/h2-8,17H,10,24H2,1H3,(H,25,26). The number of nitriles is 1. The van der Waals surface area contributed by atoms with Gasteiger partial charge in [-0.1, -0.05) is 12.1 Å². The normalized spacial score (nSPS) is 16.3. The number of aromatic amines is 1. The first-order valence-electron chi connectivity index (χ1n) is 9.35. The van der Waals surface area contributed by atoms with E-state index in [1.807, 2.05) is 18.2 Å². The van der Waals surface area contributed by atoms with Crippen molar-refractivity contribution in [1.29, 1.82) is 5.26 Å². The number of aromatic nitrogens is 2. The minimum absolute atomic E-state index is 0.0132. The molecule has 2 aliphatic rings. The molecule has 0 fully saturated rings. The molecule has 0 saturated heterocycles. The molecule has 0 saturated carbocycles. The van der Waals surface area contributed by atoms with Crippen LogP contribution in [0.15, 0.2) is 53.9 Å². The molecule has 5 rings (SSSR count). The number of allylic oxidation sites excluding steroid dienone is 1. The number of carbonyl (C=O) groups excluding carboxylic acids is 1. The van der Waals surface area contributed by atoms with E-state index in [-0.39, 0.29) is 24.1 Å². The number of benzene rings is 2. The van der Waals surface area contributed by atoms with E-state index in [0.29, 0.717) is 28.3 Å². The zero-order chi connectivity index (χ0) is 21.5. The summed E-state index contributed by atoms with van der Waals surface area (Å²) in [5.41, 5.74) is 9.54. The predicted molar refractivity (Wildman–Crippen MR) is 107 cm³/mol. The summed E-state index contributed by atoms with van der Waals surface area (Å²) in [6.45, 7) is 0.163. The van der Waals surface area contributed by atoms with E-state index in [1.165, 1.54) is 7.11 Å². The highest BCUT2D eigenvalue weighted by Crippen LogP contribution is 2.46. The number of nitrogens with one attached hydrogen (secondary N) is 1. The van der Waals surface area contributed by atoms with Gasteiger partial charge in [0, 0.05) is 5.56 Å². The molecule has 1 atom stereocenters. The Morgan fingerprint density at radius 3 is 2.74 bits per heavy atom. The maximum absolute atomic E-state index is 11.8. The van der Waals surface area contributed by atoms with E-state index in [1.54, 1.807) is 24.3 Å². The third-order valence-corrected chi connectivity index (χ3v) is 5.27. The summed E-state index contributed by atoms with van der Waals surface area (Å²) in [4.78, 5) is 11.8. The second-order valence-electron chi connectivity index (χ2n) is 6.92. The summed E-state index contributed by atoms with van der Waals surface area (Å²) in [5.74, 6) is 0.558. The highest BCUT2D eigenvalue weighted by molar-refractivity contribution is 5.89. The molecule has 9 heteroatoms. The molecule has 3 heterocycles. The monoisotopic (exact) mass is 416 g/mol. The Hall–Kier alpha value is -4.45. The lowest BCUT2D eigenvalue weighted by atomic mass is 9.82. The minimum atomic E-state index is -0.542. The van der Waals surface area contributed by atoms with Crippen molar-refractivity contribution in [3.8, 4) is 34.7 Å². The Balaban J connectivity index is 1.65. The fourth-order valence-corrected chi connectivity index (χ4v) is 3.78. The number of methoxy groups -OCH3 is 1. The number of nitrogens with zero attached hydrogens (tertiary/aromatic N) is 2. The van der Waals surface area contributed by atoms with Crippen molar-refractivity contribution in [2.75, 3.05) is 13.9 Å². The molecule has 1 aromatic heterocycles. The van der Waals surface area contributed by atoms with Gasteiger partial charge in [0.2, 0.25) is 18.6 Å². The van der Waals surface area contributed by atoms with Crippen LogP contribution in [0.3, 0.4) is 0 Å². The van der Waals surface area contributed by atoms with Crippen molar-refractivity contribution in [3.05, 3.63) is 70.6 Å². The van der Waals surface area contributed by atoms with Crippen molar-refractivity contribution >= 4 is 5.97 Å². The molecule has 0 spiro atoms. The van der Waals surface area contributed by atoms with Gasteiger partial charge in [-0.05, 0) is 35.9 Å². The van der Waals surface area contributed by atoms with Crippen molar-refractivity contribution in [2.45, 2.75) is 5.92 Å². The second kappa shape index (κ2) is 7.11. The van der Waals surface area contributed by atoms with Crippen molar-refractivity contribution in [3.63, 3.8) is 0 Å². The van der Waals surface area contributed by atoms with Gasteiger partial charge >= 0.3 is 5.97 Å². The van der Waals surface area contributed by atoms with Gasteiger partial charge in [-0.15, -0.1) is 5.10 Å². The van der Waals surface area contributed by atoms with Crippen LogP contribution >= 0.6 is 0 Å². The zero-order valence-electron chi connectivity index (χ0n) is 16.3. The van der Waals surface area contributed by atoms with Gasteiger partial charge in [0.15, 0.2) is 11.5 Å². The van der Waals surface area contributed by atoms with Crippen LogP contribution in [0.2, 0.25) is 0 Å². The van der Waals surface area contributed by atoms with Crippen molar-refractivity contribution in [2.24, 2.45) is 5.73 Å². The highest BCUT2D eigenvalue weighted by Gasteiger charge is 2.36. The van der Waals surface area contributed by atoms with E-state index in [2.05, 4.69) is 16.3 Å². The molecule has 31 heavy (non-hydrogen) atoms. The Bertz CT molecular complexity index is 1270. The quantitative estimate of drug-likeness (QED) is 0.623. The van der Waals surface area contributed by atoms with Gasteiger partial charge in [-0.2, -0.15) is 5.26 Å². The predicted octanol–water partition coefficient (Wildman–Crippen LogP) is 2.81. The van der Waals surface area contributed by atoms with Gasteiger partial charge in [0.05, 0.1) is 29.8 Å². The van der Waals surface area contributed by atoms with Crippen LogP contribution in [0.25, 0.3) is 11.3 Å². The number of rotatable bonds is 3. The molecule has 2 aliphatic heterocycles. The molecular formula is C22H16N4O5. The molecule has 9 nitrogen and oxygen atoms in total. The number of hydrogen-bond acceptors (Lipinski definition) is 8. The van der Waals surface area contributed by atoms with E-state index in [4.69, 9.17) is 24.7 Å². The summed E-state index contributed by atoms with van der Waals surface area (Å²) >= 11 is 0. The van der Waals surface area contributed by atoms with Crippen LogP contribution in [-0.2, 0) is 4.74 Å². The van der Waals surface area contributed by atoms with Crippen LogP contribution in [0.4, 0.5) is 0 Å². The summed E-state index contributed by atoms with van der Waals surface area (Å²) < 4.78 is 21.3. The Labute approximate surface area is 176 Å². The second-order valence-corrected chi connectivity index (χ2v) is 6.92. The number of H-pyrrole nitrogens is 1. The number of ether oxygens (including phenoxy) is 4. The third-order valence-electron chi connectivity index (χ3n) is 5.27. The molecule has 0 bridgehead atoms. The molecule has 0 amide bonds. The number of nitrogens with two attached hydrogens (primary N) is 1. The number of esters is 1. The molecule has 2 aromatic carbocycles.